The third-order valence-electron chi connectivity index (χ3n) is 6.81. The van der Waals surface area contributed by atoms with Gasteiger partial charge in [0.25, 0.3) is 0 Å². The molecule has 2 atom stereocenters. The molecule has 148 valence electrons. The second-order valence-corrected chi connectivity index (χ2v) is 9.14. The summed E-state index contributed by atoms with van der Waals surface area (Å²) in [7, 11) is 0. The fourth-order valence-electron chi connectivity index (χ4n) is 5.03. The van der Waals surface area contributed by atoms with Crippen molar-refractivity contribution in [2.45, 2.75) is 25.3 Å². The minimum absolute atomic E-state index is 0.476. The number of epoxide rings is 2. The van der Waals surface area contributed by atoms with Gasteiger partial charge in [0.2, 0.25) is 0 Å². The van der Waals surface area contributed by atoms with Crippen molar-refractivity contribution in [3.05, 3.63) is 71.8 Å². The van der Waals surface area contributed by atoms with Crippen LogP contribution in [0.25, 0.3) is 0 Å². The molecule has 2 unspecified atom stereocenters. The molecule has 0 N–H and O–H groups in total. The van der Waals surface area contributed by atoms with E-state index in [-0.39, 0.29) is 0 Å². The van der Waals surface area contributed by atoms with E-state index in [0.29, 0.717) is 12.2 Å². The number of piperazine rings is 1. The molecule has 0 bridgehead atoms. The molecule has 0 spiro atoms. The van der Waals surface area contributed by atoms with Gasteiger partial charge in [-0.3, -0.25) is 0 Å². The lowest BCUT2D eigenvalue weighted by atomic mass is 10.1. The predicted octanol–water partition coefficient (Wildman–Crippen LogP) is 2.83. The zero-order chi connectivity index (χ0) is 18.9. The Hall–Kier alpha value is -1.72. The summed E-state index contributed by atoms with van der Waals surface area (Å²) in [6.07, 6.45) is 0.953. The van der Waals surface area contributed by atoms with Crippen LogP contribution in [0.15, 0.2) is 60.7 Å². The van der Waals surface area contributed by atoms with Crippen molar-refractivity contribution in [1.29, 1.82) is 0 Å². The average Bonchev–Trinajstić information content (AvgIpc) is 3.64. The molecular weight excluding hydrogens is 348 g/mol. The van der Waals surface area contributed by atoms with E-state index in [4.69, 9.17) is 9.47 Å². The van der Waals surface area contributed by atoms with Crippen molar-refractivity contribution in [2.75, 3.05) is 52.5 Å². The molecule has 3 aliphatic rings. The zero-order valence-corrected chi connectivity index (χ0v) is 16.7. The molecule has 2 aromatic carbocycles. The maximum atomic E-state index is 5.66. The van der Waals surface area contributed by atoms with Crippen LogP contribution >= 0.6 is 0 Å². The third-order valence-corrected chi connectivity index (χ3v) is 6.81. The van der Waals surface area contributed by atoms with Gasteiger partial charge in [-0.2, -0.15) is 0 Å². The quantitative estimate of drug-likeness (QED) is 0.520. The summed E-state index contributed by atoms with van der Waals surface area (Å²) in [5.41, 5.74) is 2.91. The van der Waals surface area contributed by atoms with Crippen LogP contribution in [0.2, 0.25) is 0 Å². The lowest BCUT2D eigenvalue weighted by Gasteiger charge is -2.50. The van der Waals surface area contributed by atoms with Crippen LogP contribution in [0, 0.1) is 0 Å². The minimum atomic E-state index is 0.476. The number of hydrogen-bond donors (Lipinski definition) is 0. The van der Waals surface area contributed by atoms with E-state index in [1.165, 1.54) is 59.4 Å². The monoisotopic (exact) mass is 380 g/mol. The van der Waals surface area contributed by atoms with Gasteiger partial charge in [0.1, 0.15) is 64.6 Å². The van der Waals surface area contributed by atoms with Crippen LogP contribution in [-0.2, 0) is 22.6 Å². The van der Waals surface area contributed by atoms with Gasteiger partial charge >= 0.3 is 0 Å². The highest BCUT2D eigenvalue weighted by Gasteiger charge is 2.47. The van der Waals surface area contributed by atoms with Crippen LogP contribution in [0.5, 0.6) is 0 Å². The predicted molar refractivity (Wildman–Crippen MR) is 109 cm³/mol. The number of nitrogens with zero attached hydrogens (tertiary/aromatic N) is 2. The Bertz CT molecular complexity index is 696. The van der Waals surface area contributed by atoms with Crippen LogP contribution in [0.3, 0.4) is 0 Å². The second kappa shape index (κ2) is 7.60. The summed E-state index contributed by atoms with van der Waals surface area (Å²) < 4.78 is 13.7. The van der Waals surface area contributed by atoms with Gasteiger partial charge in [0.15, 0.2) is 0 Å². The Morgan fingerprint density at radius 1 is 0.607 bits per heavy atom. The summed E-state index contributed by atoms with van der Waals surface area (Å²) in [6, 6.07) is 22.1. The first kappa shape index (κ1) is 18.3. The maximum absolute atomic E-state index is 5.66. The summed E-state index contributed by atoms with van der Waals surface area (Å²) in [5.74, 6) is 0. The lowest BCUT2D eigenvalue weighted by molar-refractivity contribution is -1.04. The molecule has 5 rings (SSSR count). The Morgan fingerprint density at radius 3 is 1.29 bits per heavy atom. The smallest absolute Gasteiger partial charge is 0.130 e. The van der Waals surface area contributed by atoms with E-state index < -0.39 is 0 Å². The number of benzene rings is 2. The molecule has 0 aromatic heterocycles. The van der Waals surface area contributed by atoms with E-state index in [1.807, 2.05) is 0 Å². The Balaban J connectivity index is 1.33. The lowest BCUT2D eigenvalue weighted by Crippen LogP contribution is -2.67. The topological polar surface area (TPSA) is 25.1 Å². The second-order valence-electron chi connectivity index (χ2n) is 9.14. The fourth-order valence-corrected chi connectivity index (χ4v) is 5.03. The first-order valence-corrected chi connectivity index (χ1v) is 10.7. The third kappa shape index (κ3) is 4.47. The van der Waals surface area contributed by atoms with Gasteiger partial charge in [-0.1, -0.05) is 60.7 Å². The maximum Gasteiger partial charge on any atom is 0.130 e. The van der Waals surface area contributed by atoms with Crippen molar-refractivity contribution < 1.29 is 18.4 Å². The van der Waals surface area contributed by atoms with Crippen LogP contribution in [0.4, 0.5) is 0 Å². The first-order valence-electron chi connectivity index (χ1n) is 10.7. The number of ether oxygens (including phenoxy) is 2. The molecule has 4 nitrogen and oxygen atoms in total. The Labute approximate surface area is 168 Å². The molecule has 3 aliphatic heterocycles. The molecule has 0 saturated carbocycles. The van der Waals surface area contributed by atoms with Gasteiger partial charge < -0.3 is 18.4 Å². The van der Waals surface area contributed by atoms with Gasteiger partial charge in [-0.25, -0.2) is 0 Å². The Kier molecular flexibility index (Phi) is 4.97. The highest BCUT2D eigenvalue weighted by Crippen LogP contribution is 2.30. The van der Waals surface area contributed by atoms with E-state index in [2.05, 4.69) is 60.7 Å². The van der Waals surface area contributed by atoms with Gasteiger partial charge in [-0.05, 0) is 0 Å². The summed E-state index contributed by atoms with van der Waals surface area (Å²) in [4.78, 5) is 0. The van der Waals surface area contributed by atoms with Crippen molar-refractivity contribution >= 4 is 0 Å². The van der Waals surface area contributed by atoms with Crippen molar-refractivity contribution in [2.24, 2.45) is 0 Å². The van der Waals surface area contributed by atoms with E-state index in [9.17, 15) is 0 Å². The average molecular weight is 381 g/mol. The van der Waals surface area contributed by atoms with Crippen LogP contribution in [-0.4, -0.2) is 73.7 Å². The fraction of sp³-hybridized carbons (Fsp3) is 0.500. The van der Waals surface area contributed by atoms with Crippen molar-refractivity contribution in [1.82, 2.24) is 0 Å². The summed E-state index contributed by atoms with van der Waals surface area (Å²) in [6.45, 7) is 11.4. The van der Waals surface area contributed by atoms with Crippen LogP contribution < -0.4 is 0 Å². The summed E-state index contributed by atoms with van der Waals surface area (Å²) >= 11 is 0. The molecular formula is C24H32N2O2+2. The highest BCUT2D eigenvalue weighted by molar-refractivity contribution is 5.14. The van der Waals surface area contributed by atoms with Crippen molar-refractivity contribution in [3.63, 3.8) is 0 Å². The van der Waals surface area contributed by atoms with Gasteiger partial charge in [0.05, 0.1) is 13.2 Å². The van der Waals surface area contributed by atoms with Crippen LogP contribution in [0.1, 0.15) is 11.1 Å². The molecule has 0 radical (unpaired) electrons. The van der Waals surface area contributed by atoms with Gasteiger partial charge in [-0.15, -0.1) is 0 Å². The van der Waals surface area contributed by atoms with E-state index >= 15 is 0 Å². The Morgan fingerprint density at radius 2 is 0.964 bits per heavy atom. The minimum Gasteiger partial charge on any atom is -0.367 e. The largest absolute Gasteiger partial charge is 0.367 e. The molecule has 3 fully saturated rings. The standard InChI is InChI=1S/C24H32N2O2/c1-3-7-21(8-4-1)15-25(17-23-19-27-23)11-13-26(14-12-25,18-24-20-28-24)16-22-9-5-2-6-10-22/h1-10,23-24H,11-20H2/q+2. The first-order chi connectivity index (χ1) is 13.7. The molecule has 0 amide bonds. The van der Waals surface area contributed by atoms with Gasteiger partial charge in [0, 0.05) is 11.1 Å². The summed E-state index contributed by atoms with van der Waals surface area (Å²) in [5, 5.41) is 0. The molecule has 3 saturated heterocycles. The van der Waals surface area contributed by atoms with Crippen molar-refractivity contribution in [3.8, 4) is 0 Å². The molecule has 4 heteroatoms. The normalized spacial score (nSPS) is 34.1. The highest BCUT2D eigenvalue weighted by atomic mass is 16.6. The number of quaternary nitrogens is 2. The van der Waals surface area contributed by atoms with E-state index in [1.54, 1.807) is 0 Å². The molecule has 2 aromatic rings. The SMILES string of the molecule is c1ccc(C[N+]2(CC3CO3)CC[N+](Cc3ccccc3)(CC3CO3)CC2)cc1. The molecule has 28 heavy (non-hydrogen) atoms. The molecule has 3 heterocycles. The zero-order valence-electron chi connectivity index (χ0n) is 16.7. The number of rotatable bonds is 8. The molecule has 0 aliphatic carbocycles. The van der Waals surface area contributed by atoms with E-state index in [0.717, 1.165) is 26.3 Å². The number of hydrogen-bond acceptors (Lipinski definition) is 2.